The van der Waals surface area contributed by atoms with Crippen LogP contribution >= 0.6 is 0 Å². The molecule has 0 aliphatic heterocycles. The highest BCUT2D eigenvalue weighted by Crippen LogP contribution is 1.98. The van der Waals surface area contributed by atoms with E-state index in [9.17, 15) is 9.59 Å². The van der Waals surface area contributed by atoms with Gasteiger partial charge in [0.1, 0.15) is 12.0 Å². The zero-order valence-corrected chi connectivity index (χ0v) is 7.02. The number of aldehydes is 1. The fraction of sp³-hybridized carbons (Fsp3) is 0.250. The molecule has 0 saturated heterocycles. The van der Waals surface area contributed by atoms with Crippen LogP contribution in [-0.2, 0) is 9.59 Å². The Morgan fingerprint density at radius 3 is 2.25 bits per heavy atom. The molecule has 0 aromatic heterocycles. The van der Waals surface area contributed by atoms with Gasteiger partial charge < -0.3 is 10.0 Å². The number of likely N-dealkylation sites (N-methyl/N-ethyl adjacent to an activating group) is 1. The van der Waals surface area contributed by atoms with Crippen molar-refractivity contribution in [3.8, 4) is 0 Å². The first-order valence-electron chi connectivity index (χ1n) is 3.32. The average molecular weight is 169 g/mol. The maximum absolute atomic E-state index is 10.5. The molecule has 0 spiro atoms. The molecule has 0 aliphatic carbocycles. The van der Waals surface area contributed by atoms with Crippen LogP contribution in [0.5, 0.6) is 0 Å². The highest BCUT2D eigenvalue weighted by Gasteiger charge is 2.06. The molecule has 4 nitrogen and oxygen atoms in total. The van der Waals surface area contributed by atoms with Gasteiger partial charge in [0.25, 0.3) is 0 Å². The van der Waals surface area contributed by atoms with E-state index < -0.39 is 5.97 Å². The minimum absolute atomic E-state index is 0.133. The number of carbonyl (C=O) groups excluding carboxylic acids is 1. The van der Waals surface area contributed by atoms with E-state index in [-0.39, 0.29) is 5.70 Å². The predicted molar refractivity (Wildman–Crippen MR) is 44.6 cm³/mol. The topological polar surface area (TPSA) is 57.6 Å². The molecule has 0 aliphatic rings. The van der Waals surface area contributed by atoms with Gasteiger partial charge in [-0.3, -0.25) is 4.79 Å². The van der Waals surface area contributed by atoms with E-state index >= 15 is 0 Å². The SMILES string of the molecule is CN(C)/C(=C\C=C/C=O)C(=O)O. The van der Waals surface area contributed by atoms with Crippen molar-refractivity contribution in [2.75, 3.05) is 14.1 Å². The zero-order valence-electron chi connectivity index (χ0n) is 7.02. The van der Waals surface area contributed by atoms with Gasteiger partial charge in [0.2, 0.25) is 0 Å². The van der Waals surface area contributed by atoms with Crippen LogP contribution in [0.1, 0.15) is 0 Å². The standard InChI is InChI=1S/C8H11NO3/c1-9(2)7(8(11)12)5-3-4-6-10/h3-6H,1-2H3,(H,11,12)/b4-3-,7-5-. The maximum atomic E-state index is 10.5. The number of carboxylic acids is 1. The Kier molecular flexibility index (Phi) is 4.45. The number of hydrogen-bond acceptors (Lipinski definition) is 3. The number of carbonyl (C=O) groups is 2. The number of hydrogen-bond donors (Lipinski definition) is 1. The second-order valence-electron chi connectivity index (χ2n) is 2.27. The number of nitrogens with zero attached hydrogens (tertiary/aromatic N) is 1. The predicted octanol–water partition coefficient (Wildman–Crippen LogP) is 0.272. The van der Waals surface area contributed by atoms with Crippen LogP contribution in [0.15, 0.2) is 23.9 Å². The summed E-state index contributed by atoms with van der Waals surface area (Å²) in [5, 5.41) is 8.61. The van der Waals surface area contributed by atoms with Gasteiger partial charge in [-0.15, -0.1) is 0 Å². The summed E-state index contributed by atoms with van der Waals surface area (Å²) in [6.07, 6.45) is 4.56. The van der Waals surface area contributed by atoms with Crippen LogP contribution in [0.4, 0.5) is 0 Å². The molecule has 0 heterocycles. The molecule has 0 fully saturated rings. The van der Waals surface area contributed by atoms with Crippen LogP contribution < -0.4 is 0 Å². The third kappa shape index (κ3) is 3.55. The van der Waals surface area contributed by atoms with Crippen molar-refractivity contribution >= 4 is 12.3 Å². The van der Waals surface area contributed by atoms with Crippen LogP contribution in [0, 0.1) is 0 Å². The van der Waals surface area contributed by atoms with Crippen molar-refractivity contribution in [2.45, 2.75) is 0 Å². The summed E-state index contributed by atoms with van der Waals surface area (Å²) in [7, 11) is 3.24. The summed E-state index contributed by atoms with van der Waals surface area (Å²) in [5.41, 5.74) is 0.133. The molecule has 0 amide bonds. The Hall–Kier alpha value is -1.58. The van der Waals surface area contributed by atoms with Gasteiger partial charge in [0, 0.05) is 14.1 Å². The monoisotopic (exact) mass is 169 g/mol. The summed E-state index contributed by atoms with van der Waals surface area (Å²) in [6.45, 7) is 0. The molecule has 0 rings (SSSR count). The first-order valence-corrected chi connectivity index (χ1v) is 3.32. The van der Waals surface area contributed by atoms with Crippen molar-refractivity contribution in [1.82, 2.24) is 4.90 Å². The van der Waals surface area contributed by atoms with Crippen LogP contribution in [-0.4, -0.2) is 36.4 Å². The second-order valence-corrected chi connectivity index (χ2v) is 2.27. The van der Waals surface area contributed by atoms with Crippen molar-refractivity contribution in [3.05, 3.63) is 23.9 Å². The molecule has 0 aromatic rings. The highest BCUT2D eigenvalue weighted by atomic mass is 16.4. The minimum atomic E-state index is -1.02. The van der Waals surface area contributed by atoms with Gasteiger partial charge in [-0.25, -0.2) is 4.79 Å². The fourth-order valence-electron chi connectivity index (χ4n) is 0.604. The lowest BCUT2D eigenvalue weighted by Gasteiger charge is -2.11. The number of rotatable bonds is 4. The Balaban J connectivity index is 4.50. The van der Waals surface area contributed by atoms with Crippen LogP contribution in [0.2, 0.25) is 0 Å². The number of aliphatic carboxylic acids is 1. The van der Waals surface area contributed by atoms with Gasteiger partial charge in [-0.1, -0.05) is 6.08 Å². The lowest BCUT2D eigenvalue weighted by Crippen LogP contribution is -2.18. The molecule has 1 N–H and O–H groups in total. The van der Waals surface area contributed by atoms with Gasteiger partial charge >= 0.3 is 5.97 Å². The van der Waals surface area contributed by atoms with E-state index in [0.29, 0.717) is 6.29 Å². The van der Waals surface area contributed by atoms with E-state index in [4.69, 9.17) is 5.11 Å². The smallest absolute Gasteiger partial charge is 0.352 e. The van der Waals surface area contributed by atoms with E-state index in [1.54, 1.807) is 14.1 Å². The molecule has 12 heavy (non-hydrogen) atoms. The molecule has 0 bridgehead atoms. The Morgan fingerprint density at radius 1 is 1.33 bits per heavy atom. The van der Waals surface area contributed by atoms with Crippen molar-refractivity contribution < 1.29 is 14.7 Å². The van der Waals surface area contributed by atoms with E-state index in [0.717, 1.165) is 0 Å². The lowest BCUT2D eigenvalue weighted by molar-refractivity contribution is -0.134. The van der Waals surface area contributed by atoms with Crippen LogP contribution in [0.25, 0.3) is 0 Å². The van der Waals surface area contributed by atoms with E-state index in [2.05, 4.69) is 0 Å². The summed E-state index contributed by atoms with van der Waals surface area (Å²) in [5.74, 6) is -1.02. The molecular weight excluding hydrogens is 158 g/mol. The number of allylic oxidation sites excluding steroid dienone is 3. The molecule has 0 radical (unpaired) electrons. The van der Waals surface area contributed by atoms with Gasteiger partial charge in [-0.05, 0) is 12.2 Å². The molecular formula is C8H11NO3. The van der Waals surface area contributed by atoms with Gasteiger partial charge in [-0.2, -0.15) is 0 Å². The molecule has 0 saturated carbocycles. The minimum Gasteiger partial charge on any atom is -0.477 e. The van der Waals surface area contributed by atoms with Crippen LogP contribution in [0.3, 0.4) is 0 Å². The Labute approximate surface area is 70.8 Å². The first kappa shape index (κ1) is 10.4. The summed E-state index contributed by atoms with van der Waals surface area (Å²) in [4.78, 5) is 21.8. The van der Waals surface area contributed by atoms with Gasteiger partial charge in [0.15, 0.2) is 0 Å². The lowest BCUT2D eigenvalue weighted by atomic mass is 10.3. The Morgan fingerprint density at radius 2 is 1.92 bits per heavy atom. The molecule has 0 unspecified atom stereocenters. The quantitative estimate of drug-likeness (QED) is 0.373. The number of carboxylic acid groups (broad SMARTS) is 1. The van der Waals surface area contributed by atoms with Crippen molar-refractivity contribution in [1.29, 1.82) is 0 Å². The molecule has 4 heteroatoms. The zero-order chi connectivity index (χ0) is 9.56. The summed E-state index contributed by atoms with van der Waals surface area (Å²) in [6, 6.07) is 0. The van der Waals surface area contributed by atoms with E-state index in [1.807, 2.05) is 0 Å². The van der Waals surface area contributed by atoms with Gasteiger partial charge in [0.05, 0.1) is 0 Å². The molecule has 0 aromatic carbocycles. The normalized spacial score (nSPS) is 11.7. The summed E-state index contributed by atoms with van der Waals surface area (Å²) < 4.78 is 0. The highest BCUT2D eigenvalue weighted by molar-refractivity contribution is 5.86. The third-order valence-electron chi connectivity index (χ3n) is 1.14. The fourth-order valence-corrected chi connectivity index (χ4v) is 0.604. The Bertz CT molecular complexity index is 228. The summed E-state index contributed by atoms with van der Waals surface area (Å²) >= 11 is 0. The average Bonchev–Trinajstić information content (AvgIpc) is 1.96. The van der Waals surface area contributed by atoms with Crippen molar-refractivity contribution in [2.24, 2.45) is 0 Å². The largest absolute Gasteiger partial charge is 0.477 e. The third-order valence-corrected chi connectivity index (χ3v) is 1.14. The second kappa shape index (κ2) is 5.12. The maximum Gasteiger partial charge on any atom is 0.352 e. The molecule has 0 atom stereocenters. The van der Waals surface area contributed by atoms with E-state index in [1.165, 1.54) is 23.1 Å². The first-order chi connectivity index (χ1) is 5.59. The molecule has 66 valence electrons. The van der Waals surface area contributed by atoms with Crippen molar-refractivity contribution in [3.63, 3.8) is 0 Å².